The minimum Gasteiger partial charge on any atom is -0.748 e. The van der Waals surface area contributed by atoms with Crippen LogP contribution in [0.25, 0.3) is 17.4 Å². The molecule has 1 unspecified atom stereocenters. The van der Waals surface area contributed by atoms with Gasteiger partial charge in [-0.25, -0.2) is 26.2 Å². The van der Waals surface area contributed by atoms with E-state index in [1.54, 1.807) is 31.3 Å². The van der Waals surface area contributed by atoms with E-state index in [1.807, 2.05) is 58.0 Å². The molecular weight excluding hydrogens is 899 g/mol. The molecule has 1 atom stereocenters. The normalized spacial score (nSPS) is 17.5. The van der Waals surface area contributed by atoms with Crippen LogP contribution in [-0.4, -0.2) is 128 Å². The summed E-state index contributed by atoms with van der Waals surface area (Å²) >= 11 is 0. The number of carbonyl (C=O) groups is 3. The summed E-state index contributed by atoms with van der Waals surface area (Å²) in [5.74, 6) is -1.42. The predicted octanol–water partition coefficient (Wildman–Crippen LogP) is 4.07. The quantitative estimate of drug-likeness (QED) is 0.0533. The van der Waals surface area contributed by atoms with Gasteiger partial charge in [-0.3, -0.25) is 9.59 Å². The van der Waals surface area contributed by atoms with Gasteiger partial charge in [0.1, 0.15) is 34.9 Å². The Kier molecular flexibility index (Phi) is 18.0. The minimum atomic E-state index is -4.92. The average molecular weight is 959 g/mol. The van der Waals surface area contributed by atoms with Gasteiger partial charge in [-0.15, -0.1) is 5.06 Å². The second kappa shape index (κ2) is 22.8. The number of hydrogen-bond acceptors (Lipinski definition) is 16. The van der Waals surface area contributed by atoms with Crippen molar-refractivity contribution in [3.63, 3.8) is 0 Å². The van der Waals surface area contributed by atoms with Gasteiger partial charge in [-0.2, -0.15) is 0 Å². The monoisotopic (exact) mass is 958 g/mol. The fraction of sp³-hybridized carbons (Fsp3) is 0.522. The summed E-state index contributed by atoms with van der Waals surface area (Å²) in [6, 6.07) is 11.8. The number of amides is 2. The number of rotatable bonds is 24. The van der Waals surface area contributed by atoms with Gasteiger partial charge in [0.05, 0.1) is 47.5 Å². The maximum atomic E-state index is 12.9. The van der Waals surface area contributed by atoms with Crippen molar-refractivity contribution in [3.8, 4) is 11.3 Å². The average Bonchev–Trinajstić information content (AvgIpc) is 3.68. The van der Waals surface area contributed by atoms with Crippen LogP contribution in [0.15, 0.2) is 69.6 Å². The second-order valence-corrected chi connectivity index (χ2v) is 20.1. The second-order valence-electron chi connectivity index (χ2n) is 17.2. The Morgan fingerprint density at radius 2 is 1.53 bits per heavy atom. The summed E-state index contributed by atoms with van der Waals surface area (Å²) in [5.41, 5.74) is 1.56. The van der Waals surface area contributed by atoms with Gasteiger partial charge in [0.25, 0.3) is 11.8 Å². The molecule has 0 radical (unpaired) electrons. The zero-order chi connectivity index (χ0) is 48.3. The van der Waals surface area contributed by atoms with Crippen LogP contribution in [0.1, 0.15) is 83.1 Å². The highest BCUT2D eigenvalue weighted by Gasteiger charge is 2.43. The van der Waals surface area contributed by atoms with Crippen LogP contribution in [0.2, 0.25) is 0 Å². The number of anilines is 1. The van der Waals surface area contributed by atoms with Crippen LogP contribution in [0.5, 0.6) is 0 Å². The van der Waals surface area contributed by atoms with Gasteiger partial charge in [0.15, 0.2) is 13.1 Å². The highest BCUT2D eigenvalue weighted by Crippen LogP contribution is 2.51. The smallest absolute Gasteiger partial charge is 0.333 e. The predicted molar refractivity (Wildman–Crippen MR) is 241 cm³/mol. The van der Waals surface area contributed by atoms with Crippen molar-refractivity contribution in [1.82, 2.24) is 9.64 Å². The lowest BCUT2D eigenvalue weighted by Gasteiger charge is -2.30. The Morgan fingerprint density at radius 3 is 2.12 bits per heavy atom. The minimum absolute atomic E-state index is 0.0316. The van der Waals surface area contributed by atoms with Gasteiger partial charge in [-0.1, -0.05) is 32.9 Å². The topological polar surface area (TPSA) is 234 Å². The fourth-order valence-corrected chi connectivity index (χ4v) is 8.82. The van der Waals surface area contributed by atoms with Crippen molar-refractivity contribution in [1.29, 1.82) is 0 Å². The number of fused-ring (bicyclic) bond motifs is 2. The third-order valence-electron chi connectivity index (χ3n) is 11.3. The SMILES string of the molecule is COCCOCC[N+](CCOCCOC)=c1ccc2c(/C=C/C=C3\N(CCCS(=O)(=O)[O-])c4ccc(S(=O)(=O)[O-])cc4C3(C)CCCC(=O)ON3C(=O)CCC3=O)cc(C(C)(C)C)oc-2c1. The molecule has 2 amide bonds. The molecule has 1 saturated heterocycles. The molecule has 5 rings (SSSR count). The van der Waals surface area contributed by atoms with E-state index in [9.17, 15) is 40.3 Å². The van der Waals surface area contributed by atoms with Crippen LogP contribution in [0.4, 0.5) is 5.69 Å². The van der Waals surface area contributed by atoms with Gasteiger partial charge in [-0.05, 0) is 73.7 Å². The molecule has 362 valence electrons. The van der Waals surface area contributed by atoms with E-state index in [-0.39, 0.29) is 45.1 Å². The molecule has 4 aliphatic rings. The molecule has 20 heteroatoms. The summed E-state index contributed by atoms with van der Waals surface area (Å²) in [6.45, 7) is 11.8. The molecular formula is C46H60N3O15S2-. The van der Waals surface area contributed by atoms with Crippen LogP contribution in [0.3, 0.4) is 0 Å². The van der Waals surface area contributed by atoms with Crippen molar-refractivity contribution in [2.24, 2.45) is 0 Å². The zero-order valence-electron chi connectivity index (χ0n) is 38.4. The molecule has 1 aromatic rings. The summed E-state index contributed by atoms with van der Waals surface area (Å²) in [5, 5.41) is 1.35. The fourth-order valence-electron chi connectivity index (χ4n) is 7.84. The van der Waals surface area contributed by atoms with E-state index < -0.39 is 59.5 Å². The van der Waals surface area contributed by atoms with Crippen LogP contribution in [0, 0.1) is 0 Å². The lowest BCUT2D eigenvalue weighted by molar-refractivity contribution is -0.197. The first kappa shape index (κ1) is 52.2. The highest BCUT2D eigenvalue weighted by molar-refractivity contribution is 7.86. The Morgan fingerprint density at radius 1 is 0.879 bits per heavy atom. The number of ether oxygens (including phenoxy) is 4. The zero-order valence-corrected chi connectivity index (χ0v) is 40.0. The first-order chi connectivity index (χ1) is 31.2. The standard InChI is InChI=1S/C46H61N3O15S2/c1-45(2,3)41-30-33(36-15-13-34(31-39(36)63-41)47(21-23-61-27-25-59-5)22-24-62-28-26-60-6)10-7-11-40-46(4,19-8-12-44(52)64-49-42(50)17-18-43(49)51)37-32-35(66(56,57)58)14-16-38(37)48(40)20-9-29-65(53,54)55/h7,10-11,13-16,30-32H,8-9,12,17-29H2,1-6H3,(H-,53,54,55,56,57,58)/p-1. The molecule has 1 aromatic carbocycles. The van der Waals surface area contributed by atoms with Crippen molar-refractivity contribution < 1.29 is 68.5 Å². The maximum absolute atomic E-state index is 12.9. The van der Waals surface area contributed by atoms with E-state index in [0.717, 1.165) is 16.5 Å². The summed E-state index contributed by atoms with van der Waals surface area (Å²) < 4.78 is 103. The number of nitrogens with zero attached hydrogens (tertiary/aromatic N) is 3. The molecule has 3 heterocycles. The maximum Gasteiger partial charge on any atom is 0.333 e. The third kappa shape index (κ3) is 13.9. The number of benzene rings is 2. The van der Waals surface area contributed by atoms with Crippen molar-refractivity contribution in [3.05, 3.63) is 82.6 Å². The highest BCUT2D eigenvalue weighted by atomic mass is 32.2. The largest absolute Gasteiger partial charge is 0.748 e. The van der Waals surface area contributed by atoms with E-state index in [2.05, 4.69) is 4.58 Å². The molecule has 1 fully saturated rings. The molecule has 0 saturated carbocycles. The van der Waals surface area contributed by atoms with Crippen LogP contribution < -0.4 is 14.8 Å². The molecule has 0 bridgehead atoms. The Balaban J connectivity index is 1.58. The van der Waals surface area contributed by atoms with E-state index >= 15 is 0 Å². The Hall–Kier alpha value is -4.80. The van der Waals surface area contributed by atoms with E-state index in [0.29, 0.717) is 86.3 Å². The number of hydroxylamine groups is 2. The number of methoxy groups -OCH3 is 2. The number of carbonyl (C=O) groups excluding carboxylic acids is 3. The van der Waals surface area contributed by atoms with Gasteiger partial charge in [0, 0.05) is 79.6 Å². The summed E-state index contributed by atoms with van der Waals surface area (Å²) in [7, 11) is -6.27. The van der Waals surface area contributed by atoms with Crippen LogP contribution >= 0.6 is 0 Å². The molecule has 0 spiro atoms. The van der Waals surface area contributed by atoms with E-state index in [1.165, 1.54) is 18.2 Å². The lowest BCUT2D eigenvalue weighted by atomic mass is 9.77. The first-order valence-electron chi connectivity index (χ1n) is 21.7. The van der Waals surface area contributed by atoms with Crippen LogP contribution in [-0.2, 0) is 69.2 Å². The molecule has 1 aliphatic carbocycles. The molecule has 0 aromatic heterocycles. The first-order valence-corrected chi connectivity index (χ1v) is 24.7. The third-order valence-corrected chi connectivity index (χ3v) is 12.9. The number of hydrogen-bond donors (Lipinski definition) is 0. The van der Waals surface area contributed by atoms with Crippen molar-refractivity contribution in [2.75, 3.05) is 84.1 Å². The van der Waals surface area contributed by atoms with E-state index in [4.69, 9.17) is 28.2 Å². The molecule has 0 N–H and O–H groups in total. The lowest BCUT2D eigenvalue weighted by Crippen LogP contribution is -2.36. The summed E-state index contributed by atoms with van der Waals surface area (Å²) in [4.78, 5) is 43.5. The number of allylic oxidation sites excluding steroid dienone is 3. The Labute approximate surface area is 386 Å². The molecule has 18 nitrogen and oxygen atoms in total. The van der Waals surface area contributed by atoms with Crippen molar-refractivity contribution in [2.45, 2.75) is 81.9 Å². The molecule has 66 heavy (non-hydrogen) atoms. The van der Waals surface area contributed by atoms with Crippen molar-refractivity contribution >= 4 is 49.8 Å². The Bertz CT molecular complexity index is 2510. The van der Waals surface area contributed by atoms with Gasteiger partial charge < -0.3 is 42.2 Å². The van der Waals surface area contributed by atoms with Gasteiger partial charge in [0.2, 0.25) is 5.36 Å². The van der Waals surface area contributed by atoms with Gasteiger partial charge >= 0.3 is 5.97 Å². The number of imide groups is 1. The molecule has 3 aliphatic heterocycles. The summed E-state index contributed by atoms with van der Waals surface area (Å²) in [6.07, 6.45) is 5.35.